The summed E-state index contributed by atoms with van der Waals surface area (Å²) in [6, 6.07) is 13.6. The third-order valence-corrected chi connectivity index (χ3v) is 4.33. The van der Waals surface area contributed by atoms with Crippen LogP contribution < -0.4 is 5.73 Å². The predicted octanol–water partition coefficient (Wildman–Crippen LogP) is 2.86. The number of aromatic nitrogens is 2. The molecule has 0 amide bonds. The van der Waals surface area contributed by atoms with Gasteiger partial charge in [-0.1, -0.05) is 30.3 Å². The van der Waals surface area contributed by atoms with E-state index >= 15 is 0 Å². The summed E-state index contributed by atoms with van der Waals surface area (Å²) in [6.45, 7) is 4.52. The van der Waals surface area contributed by atoms with Gasteiger partial charge in [-0.15, -0.1) is 0 Å². The van der Waals surface area contributed by atoms with Crippen LogP contribution in [0.1, 0.15) is 37.4 Å². The van der Waals surface area contributed by atoms with E-state index in [1.54, 1.807) is 0 Å². The standard InChI is InChI=1S/C16H22N4/c1-13(14-5-3-2-4-6-14)19-10-7-15(8-11-19)20-12-9-16(17)18-20/h2-6,9,12-13,15H,7-8,10-11H2,1H3,(H2,17,18). The Kier molecular flexibility index (Phi) is 3.74. The first-order valence-corrected chi connectivity index (χ1v) is 7.33. The van der Waals surface area contributed by atoms with Crippen LogP contribution in [0.3, 0.4) is 0 Å². The average Bonchev–Trinajstić information content (AvgIpc) is 2.94. The first-order chi connectivity index (χ1) is 9.74. The van der Waals surface area contributed by atoms with E-state index in [1.165, 1.54) is 5.56 Å². The van der Waals surface area contributed by atoms with E-state index in [9.17, 15) is 0 Å². The lowest BCUT2D eigenvalue weighted by Crippen LogP contribution is -2.36. The summed E-state index contributed by atoms with van der Waals surface area (Å²) in [6.07, 6.45) is 4.27. The fourth-order valence-corrected chi connectivity index (χ4v) is 3.04. The van der Waals surface area contributed by atoms with Crippen molar-refractivity contribution in [3.63, 3.8) is 0 Å². The molecule has 0 bridgehead atoms. The fourth-order valence-electron chi connectivity index (χ4n) is 3.04. The Morgan fingerprint density at radius 1 is 1.15 bits per heavy atom. The van der Waals surface area contributed by atoms with Crippen LogP contribution in [0.15, 0.2) is 42.6 Å². The highest BCUT2D eigenvalue weighted by atomic mass is 15.3. The maximum atomic E-state index is 5.69. The van der Waals surface area contributed by atoms with Gasteiger partial charge < -0.3 is 5.73 Å². The van der Waals surface area contributed by atoms with Crippen molar-refractivity contribution in [2.75, 3.05) is 18.8 Å². The molecule has 1 atom stereocenters. The van der Waals surface area contributed by atoms with Crippen molar-refractivity contribution in [3.8, 4) is 0 Å². The summed E-state index contributed by atoms with van der Waals surface area (Å²) < 4.78 is 2.03. The molecule has 1 aromatic carbocycles. The van der Waals surface area contributed by atoms with E-state index in [2.05, 4.69) is 47.3 Å². The van der Waals surface area contributed by atoms with Crippen molar-refractivity contribution in [1.29, 1.82) is 0 Å². The summed E-state index contributed by atoms with van der Waals surface area (Å²) in [5.41, 5.74) is 7.09. The molecule has 0 saturated carbocycles. The second-order valence-corrected chi connectivity index (χ2v) is 5.57. The predicted molar refractivity (Wildman–Crippen MR) is 81.3 cm³/mol. The molecule has 1 fully saturated rings. The lowest BCUT2D eigenvalue weighted by molar-refractivity contribution is 0.139. The zero-order valence-electron chi connectivity index (χ0n) is 11.9. The minimum atomic E-state index is 0.486. The molecule has 0 spiro atoms. The Hall–Kier alpha value is -1.81. The minimum Gasteiger partial charge on any atom is -0.382 e. The minimum absolute atomic E-state index is 0.486. The number of nitrogens with two attached hydrogens (primary N) is 1. The highest BCUT2D eigenvalue weighted by Gasteiger charge is 2.24. The number of benzene rings is 1. The lowest BCUT2D eigenvalue weighted by atomic mass is 10.0. The number of nitrogens with zero attached hydrogens (tertiary/aromatic N) is 3. The Balaban J connectivity index is 1.61. The third-order valence-electron chi connectivity index (χ3n) is 4.33. The molecule has 20 heavy (non-hydrogen) atoms. The van der Waals surface area contributed by atoms with Gasteiger partial charge >= 0.3 is 0 Å². The zero-order chi connectivity index (χ0) is 13.9. The van der Waals surface area contributed by atoms with E-state index in [0.29, 0.717) is 17.9 Å². The van der Waals surface area contributed by atoms with Crippen LogP contribution in [0.4, 0.5) is 5.82 Å². The van der Waals surface area contributed by atoms with E-state index in [0.717, 1.165) is 25.9 Å². The molecule has 1 unspecified atom stereocenters. The summed E-state index contributed by atoms with van der Waals surface area (Å²) in [4.78, 5) is 2.55. The second-order valence-electron chi connectivity index (χ2n) is 5.57. The molecule has 3 rings (SSSR count). The molecule has 1 saturated heterocycles. The van der Waals surface area contributed by atoms with Crippen molar-refractivity contribution in [3.05, 3.63) is 48.2 Å². The summed E-state index contributed by atoms with van der Waals surface area (Å²) in [7, 11) is 0. The number of nitrogen functional groups attached to an aromatic ring is 1. The number of rotatable bonds is 3. The van der Waals surface area contributed by atoms with Crippen LogP contribution in [-0.2, 0) is 0 Å². The largest absolute Gasteiger partial charge is 0.382 e. The van der Waals surface area contributed by atoms with Crippen molar-refractivity contribution in [2.24, 2.45) is 0 Å². The molecule has 0 aliphatic carbocycles. The van der Waals surface area contributed by atoms with Crippen molar-refractivity contribution < 1.29 is 0 Å². The summed E-state index contributed by atoms with van der Waals surface area (Å²) >= 11 is 0. The Labute approximate surface area is 120 Å². The number of anilines is 1. The van der Waals surface area contributed by atoms with Gasteiger partial charge in [0.15, 0.2) is 0 Å². The van der Waals surface area contributed by atoms with Crippen LogP contribution in [-0.4, -0.2) is 27.8 Å². The molecule has 106 valence electrons. The van der Waals surface area contributed by atoms with Gasteiger partial charge in [0.25, 0.3) is 0 Å². The molecule has 4 nitrogen and oxygen atoms in total. The van der Waals surface area contributed by atoms with Crippen LogP contribution in [0.25, 0.3) is 0 Å². The molecule has 2 aromatic rings. The van der Waals surface area contributed by atoms with Crippen LogP contribution in [0, 0.1) is 0 Å². The van der Waals surface area contributed by atoms with Gasteiger partial charge in [0, 0.05) is 25.3 Å². The van der Waals surface area contributed by atoms with Crippen molar-refractivity contribution >= 4 is 5.82 Å². The number of likely N-dealkylation sites (tertiary alicyclic amines) is 1. The molecule has 1 aromatic heterocycles. The van der Waals surface area contributed by atoms with Gasteiger partial charge in [-0.05, 0) is 31.4 Å². The normalized spacial score (nSPS) is 19.1. The number of hydrogen-bond donors (Lipinski definition) is 1. The first kappa shape index (κ1) is 13.2. The highest BCUT2D eigenvalue weighted by molar-refractivity contribution is 5.24. The molecule has 1 aliphatic heterocycles. The molecular weight excluding hydrogens is 248 g/mol. The Bertz CT molecular complexity index is 541. The lowest BCUT2D eigenvalue weighted by Gasteiger charge is -2.36. The number of hydrogen-bond acceptors (Lipinski definition) is 3. The smallest absolute Gasteiger partial charge is 0.145 e. The number of piperidine rings is 1. The molecule has 2 N–H and O–H groups in total. The fraction of sp³-hybridized carbons (Fsp3) is 0.438. The molecule has 2 heterocycles. The van der Waals surface area contributed by atoms with E-state index in [4.69, 9.17) is 5.73 Å². The van der Waals surface area contributed by atoms with E-state index in [-0.39, 0.29) is 0 Å². The van der Waals surface area contributed by atoms with Crippen molar-refractivity contribution in [2.45, 2.75) is 31.8 Å². The Morgan fingerprint density at radius 2 is 1.85 bits per heavy atom. The van der Waals surface area contributed by atoms with Gasteiger partial charge in [-0.3, -0.25) is 9.58 Å². The van der Waals surface area contributed by atoms with Crippen LogP contribution >= 0.6 is 0 Å². The van der Waals surface area contributed by atoms with Gasteiger partial charge in [-0.2, -0.15) is 5.10 Å². The first-order valence-electron chi connectivity index (χ1n) is 7.33. The molecule has 4 heteroatoms. The SMILES string of the molecule is CC(c1ccccc1)N1CCC(n2ccc(N)n2)CC1. The summed E-state index contributed by atoms with van der Waals surface area (Å²) in [5.74, 6) is 0.616. The molecule has 1 aliphatic rings. The topological polar surface area (TPSA) is 47.1 Å². The monoisotopic (exact) mass is 270 g/mol. The van der Waals surface area contributed by atoms with E-state index < -0.39 is 0 Å². The van der Waals surface area contributed by atoms with Crippen LogP contribution in [0.5, 0.6) is 0 Å². The maximum Gasteiger partial charge on any atom is 0.145 e. The van der Waals surface area contributed by atoms with Gasteiger partial charge in [0.05, 0.1) is 6.04 Å². The zero-order valence-corrected chi connectivity index (χ0v) is 11.9. The van der Waals surface area contributed by atoms with Gasteiger partial charge in [0.1, 0.15) is 5.82 Å². The maximum absolute atomic E-state index is 5.69. The average molecular weight is 270 g/mol. The van der Waals surface area contributed by atoms with E-state index in [1.807, 2.05) is 16.9 Å². The molecule has 0 radical (unpaired) electrons. The molecular formula is C16H22N4. The quantitative estimate of drug-likeness (QED) is 0.933. The second kappa shape index (κ2) is 5.67. The summed E-state index contributed by atoms with van der Waals surface area (Å²) in [5, 5.41) is 4.34. The third kappa shape index (κ3) is 2.70. The van der Waals surface area contributed by atoms with Gasteiger partial charge in [-0.25, -0.2) is 0 Å². The highest BCUT2D eigenvalue weighted by Crippen LogP contribution is 2.28. The van der Waals surface area contributed by atoms with Gasteiger partial charge in [0.2, 0.25) is 0 Å². The van der Waals surface area contributed by atoms with Crippen LogP contribution in [0.2, 0.25) is 0 Å². The Morgan fingerprint density at radius 3 is 2.45 bits per heavy atom. The van der Waals surface area contributed by atoms with Crippen molar-refractivity contribution in [1.82, 2.24) is 14.7 Å².